The van der Waals surface area contributed by atoms with Gasteiger partial charge in [-0.15, -0.1) is 0 Å². The first kappa shape index (κ1) is 19.9. The van der Waals surface area contributed by atoms with Gasteiger partial charge in [0, 0.05) is 38.3 Å². The summed E-state index contributed by atoms with van der Waals surface area (Å²) in [7, 11) is 0. The van der Waals surface area contributed by atoms with Crippen molar-refractivity contribution < 1.29 is 5.21 Å². The Labute approximate surface area is 162 Å². The van der Waals surface area contributed by atoms with Crippen molar-refractivity contribution in [3.05, 3.63) is 23.9 Å². The zero-order valence-corrected chi connectivity index (χ0v) is 16.7. The average molecular weight is 375 g/mol. The number of nitrogens with zero attached hydrogens (tertiary/aromatic N) is 5. The van der Waals surface area contributed by atoms with Crippen LogP contribution in [0.25, 0.3) is 0 Å². The van der Waals surface area contributed by atoms with Gasteiger partial charge < -0.3 is 20.7 Å². The monoisotopic (exact) mass is 374 g/mol. The normalized spacial score (nSPS) is 22.6. The number of piperidine rings is 1. The molecule has 0 bridgehead atoms. The van der Waals surface area contributed by atoms with Gasteiger partial charge >= 0.3 is 0 Å². The first-order valence-corrected chi connectivity index (χ1v) is 10.3. The van der Waals surface area contributed by atoms with E-state index < -0.39 is 0 Å². The van der Waals surface area contributed by atoms with Crippen molar-refractivity contribution in [2.45, 2.75) is 51.6 Å². The standard InChI is InChI=1S/C20H34N6O/c1-3-16(2)24-12-8-17(9-13-24)25-10-5-11-26(15-14-25)19-7-4-6-18(22-19)20(21)23-27/h4,6-7,16-17,27H,3,5,8-15H2,1-2H3,(H2,21,23)/t16-/m1/s1. The predicted molar refractivity (Wildman–Crippen MR) is 109 cm³/mol. The first-order chi connectivity index (χ1) is 13.1. The maximum Gasteiger partial charge on any atom is 0.188 e. The number of aromatic nitrogens is 1. The van der Waals surface area contributed by atoms with Crippen LogP contribution >= 0.6 is 0 Å². The van der Waals surface area contributed by atoms with E-state index >= 15 is 0 Å². The van der Waals surface area contributed by atoms with E-state index in [-0.39, 0.29) is 5.84 Å². The third-order valence-corrected chi connectivity index (χ3v) is 6.19. The minimum atomic E-state index is 0.0568. The van der Waals surface area contributed by atoms with E-state index in [1.165, 1.54) is 32.4 Å². The van der Waals surface area contributed by atoms with Gasteiger partial charge in [0.2, 0.25) is 0 Å². The fourth-order valence-corrected chi connectivity index (χ4v) is 4.27. The fourth-order valence-electron chi connectivity index (χ4n) is 4.27. The van der Waals surface area contributed by atoms with E-state index in [1.54, 1.807) is 6.07 Å². The van der Waals surface area contributed by atoms with E-state index in [4.69, 9.17) is 10.9 Å². The molecule has 3 rings (SSSR count). The molecule has 0 aromatic carbocycles. The number of amidine groups is 1. The maximum absolute atomic E-state index is 8.88. The Morgan fingerprint density at radius 2 is 2.00 bits per heavy atom. The second kappa shape index (κ2) is 9.37. The lowest BCUT2D eigenvalue weighted by atomic mass is 10.0. The van der Waals surface area contributed by atoms with E-state index in [9.17, 15) is 0 Å². The highest BCUT2D eigenvalue weighted by Gasteiger charge is 2.27. The van der Waals surface area contributed by atoms with Crippen LogP contribution < -0.4 is 10.6 Å². The molecule has 0 aliphatic carbocycles. The highest BCUT2D eigenvalue weighted by Crippen LogP contribution is 2.22. The Bertz CT molecular complexity index is 629. The molecule has 0 radical (unpaired) electrons. The molecule has 0 amide bonds. The second-order valence-electron chi connectivity index (χ2n) is 7.77. The van der Waals surface area contributed by atoms with Gasteiger partial charge in [0.05, 0.1) is 0 Å². The molecule has 0 spiro atoms. The lowest BCUT2D eigenvalue weighted by molar-refractivity contribution is 0.0906. The van der Waals surface area contributed by atoms with Crippen molar-refractivity contribution in [2.75, 3.05) is 44.2 Å². The summed E-state index contributed by atoms with van der Waals surface area (Å²) in [5.41, 5.74) is 6.21. The Morgan fingerprint density at radius 1 is 1.22 bits per heavy atom. The minimum Gasteiger partial charge on any atom is -0.409 e. The molecule has 2 saturated heterocycles. The number of oxime groups is 1. The highest BCUT2D eigenvalue weighted by atomic mass is 16.4. The number of pyridine rings is 1. The predicted octanol–water partition coefficient (Wildman–Crippen LogP) is 1.95. The molecule has 2 aliphatic heterocycles. The Balaban J connectivity index is 1.57. The van der Waals surface area contributed by atoms with Crippen LogP contribution in [0.2, 0.25) is 0 Å². The Kier molecular flexibility index (Phi) is 6.90. The molecule has 3 heterocycles. The SMILES string of the molecule is CC[C@@H](C)N1CCC(N2CCCN(c3cccc(C(N)=NO)n3)CC2)CC1. The largest absolute Gasteiger partial charge is 0.409 e. The van der Waals surface area contributed by atoms with E-state index in [2.05, 4.69) is 38.7 Å². The molecule has 0 saturated carbocycles. The van der Waals surface area contributed by atoms with Gasteiger partial charge in [-0.3, -0.25) is 4.90 Å². The van der Waals surface area contributed by atoms with Gasteiger partial charge in [-0.1, -0.05) is 18.1 Å². The summed E-state index contributed by atoms with van der Waals surface area (Å²) < 4.78 is 0. The molecular weight excluding hydrogens is 340 g/mol. The zero-order chi connectivity index (χ0) is 19.2. The van der Waals surface area contributed by atoms with Crippen molar-refractivity contribution >= 4 is 11.7 Å². The second-order valence-corrected chi connectivity index (χ2v) is 7.77. The number of nitrogens with two attached hydrogens (primary N) is 1. The molecule has 1 atom stereocenters. The van der Waals surface area contributed by atoms with Crippen molar-refractivity contribution in [2.24, 2.45) is 10.9 Å². The minimum absolute atomic E-state index is 0.0568. The molecule has 0 unspecified atom stereocenters. The van der Waals surface area contributed by atoms with Crippen LogP contribution in [0.4, 0.5) is 5.82 Å². The molecule has 3 N–H and O–H groups in total. The van der Waals surface area contributed by atoms with Crippen molar-refractivity contribution in [1.29, 1.82) is 0 Å². The number of hydrogen-bond acceptors (Lipinski definition) is 6. The quantitative estimate of drug-likeness (QED) is 0.355. The molecule has 7 heteroatoms. The van der Waals surface area contributed by atoms with Gasteiger partial charge in [-0.05, 0) is 57.8 Å². The van der Waals surface area contributed by atoms with Gasteiger partial charge in [-0.25, -0.2) is 4.98 Å². The van der Waals surface area contributed by atoms with Crippen molar-refractivity contribution in [1.82, 2.24) is 14.8 Å². The van der Waals surface area contributed by atoms with Crippen molar-refractivity contribution in [3.8, 4) is 0 Å². The summed E-state index contributed by atoms with van der Waals surface area (Å²) in [6.07, 6.45) is 4.94. The number of anilines is 1. The molecule has 1 aromatic rings. The third kappa shape index (κ3) is 4.90. The van der Waals surface area contributed by atoms with Crippen LogP contribution in [-0.2, 0) is 0 Å². The molecule has 150 valence electrons. The molecule has 7 nitrogen and oxygen atoms in total. The van der Waals surface area contributed by atoms with E-state index in [0.29, 0.717) is 17.8 Å². The summed E-state index contributed by atoms with van der Waals surface area (Å²) in [6.45, 7) is 11.3. The van der Waals surface area contributed by atoms with Crippen LogP contribution in [0.3, 0.4) is 0 Å². The van der Waals surface area contributed by atoms with E-state index in [0.717, 1.165) is 38.4 Å². The zero-order valence-electron chi connectivity index (χ0n) is 16.7. The van der Waals surface area contributed by atoms with Crippen LogP contribution in [0.5, 0.6) is 0 Å². The average Bonchev–Trinajstić information content (AvgIpc) is 2.99. The summed E-state index contributed by atoms with van der Waals surface area (Å²) in [6, 6.07) is 7.12. The van der Waals surface area contributed by atoms with Gasteiger partial charge in [-0.2, -0.15) is 0 Å². The van der Waals surface area contributed by atoms with E-state index in [1.807, 2.05) is 12.1 Å². The molecule has 1 aromatic heterocycles. The summed E-state index contributed by atoms with van der Waals surface area (Å²) in [5, 5.41) is 11.9. The summed E-state index contributed by atoms with van der Waals surface area (Å²) in [4.78, 5) is 12.2. The number of rotatable bonds is 5. The van der Waals surface area contributed by atoms with Crippen LogP contribution in [0.1, 0.15) is 45.2 Å². The molecule has 2 fully saturated rings. The summed E-state index contributed by atoms with van der Waals surface area (Å²) >= 11 is 0. The number of likely N-dealkylation sites (tertiary alicyclic amines) is 1. The lowest BCUT2D eigenvalue weighted by Crippen LogP contribution is -2.48. The maximum atomic E-state index is 8.88. The topological polar surface area (TPSA) is 81.2 Å². The smallest absolute Gasteiger partial charge is 0.188 e. The van der Waals surface area contributed by atoms with Crippen LogP contribution in [0, 0.1) is 0 Å². The van der Waals surface area contributed by atoms with Gasteiger partial charge in [0.15, 0.2) is 5.84 Å². The van der Waals surface area contributed by atoms with Gasteiger partial charge in [0.25, 0.3) is 0 Å². The first-order valence-electron chi connectivity index (χ1n) is 10.3. The lowest BCUT2D eigenvalue weighted by Gasteiger charge is -2.40. The fraction of sp³-hybridized carbons (Fsp3) is 0.700. The van der Waals surface area contributed by atoms with Crippen LogP contribution in [0.15, 0.2) is 23.4 Å². The third-order valence-electron chi connectivity index (χ3n) is 6.19. The molecular formula is C20H34N6O. The Hall–Kier alpha value is -1.86. The van der Waals surface area contributed by atoms with Crippen molar-refractivity contribution in [3.63, 3.8) is 0 Å². The molecule has 2 aliphatic rings. The van der Waals surface area contributed by atoms with Gasteiger partial charge in [0.1, 0.15) is 11.5 Å². The summed E-state index contributed by atoms with van der Waals surface area (Å²) in [5.74, 6) is 0.967. The Morgan fingerprint density at radius 3 is 2.70 bits per heavy atom. The highest BCUT2D eigenvalue weighted by molar-refractivity contribution is 5.95. The molecule has 27 heavy (non-hydrogen) atoms. The van der Waals surface area contributed by atoms with Crippen LogP contribution in [-0.4, -0.2) is 77.2 Å². The number of hydrogen-bond donors (Lipinski definition) is 2.